The summed E-state index contributed by atoms with van der Waals surface area (Å²) >= 11 is 0. The lowest BCUT2D eigenvalue weighted by Gasteiger charge is -2.34. The number of amides is 1. The molecule has 0 radical (unpaired) electrons. The van der Waals surface area contributed by atoms with E-state index in [9.17, 15) is 9.59 Å². The molecular weight excluding hydrogens is 412 g/mol. The van der Waals surface area contributed by atoms with E-state index in [1.807, 2.05) is 35.2 Å². The molecule has 1 aromatic heterocycles. The van der Waals surface area contributed by atoms with Gasteiger partial charge in [0, 0.05) is 44.7 Å². The molecule has 0 atom stereocenters. The van der Waals surface area contributed by atoms with Crippen LogP contribution in [0.3, 0.4) is 0 Å². The summed E-state index contributed by atoms with van der Waals surface area (Å²) in [6.45, 7) is 3.82. The van der Waals surface area contributed by atoms with Crippen molar-refractivity contribution in [3.8, 4) is 0 Å². The van der Waals surface area contributed by atoms with Crippen LogP contribution in [-0.4, -0.2) is 47.7 Å². The number of nitrogens with zero attached hydrogens (tertiary/aromatic N) is 2. The smallest absolute Gasteiger partial charge is 0.257 e. The Balaban J connectivity index is 0.00000231. The summed E-state index contributed by atoms with van der Waals surface area (Å²) < 4.78 is 5.70. The lowest BCUT2D eigenvalue weighted by atomic mass is 9.98. The van der Waals surface area contributed by atoms with Gasteiger partial charge >= 0.3 is 0 Å². The first-order valence-corrected chi connectivity index (χ1v) is 10.5. The number of furan rings is 1. The Kier molecular flexibility index (Phi) is 6.25. The fraction of sp³-hybridized carbons (Fsp3) is 0.280. The molecule has 2 aliphatic rings. The first-order valence-electron chi connectivity index (χ1n) is 10.5. The van der Waals surface area contributed by atoms with Gasteiger partial charge in [-0.15, -0.1) is 12.4 Å². The number of hydrogen-bond acceptors (Lipinski definition) is 4. The number of hydrogen-bond donors (Lipinski definition) is 0. The lowest BCUT2D eigenvalue weighted by Crippen LogP contribution is -2.48. The average molecular weight is 437 g/mol. The highest BCUT2D eigenvalue weighted by Gasteiger charge is 2.32. The van der Waals surface area contributed by atoms with Gasteiger partial charge in [-0.2, -0.15) is 0 Å². The highest BCUT2D eigenvalue weighted by molar-refractivity contribution is 6.16. The van der Waals surface area contributed by atoms with E-state index in [0.29, 0.717) is 42.0 Å². The first-order chi connectivity index (χ1) is 14.7. The molecule has 1 aliphatic carbocycles. The van der Waals surface area contributed by atoms with Crippen molar-refractivity contribution in [1.29, 1.82) is 0 Å². The SMILES string of the molecule is Cl.O=C1c2ccccc2CCc2occ(C(=O)N3CCN(Cc4ccccc4)CC3)c21. The summed E-state index contributed by atoms with van der Waals surface area (Å²) in [5.41, 5.74) is 3.84. The van der Waals surface area contributed by atoms with Gasteiger partial charge in [-0.3, -0.25) is 14.5 Å². The van der Waals surface area contributed by atoms with E-state index in [1.165, 1.54) is 11.8 Å². The molecule has 2 heterocycles. The molecule has 5 nitrogen and oxygen atoms in total. The van der Waals surface area contributed by atoms with Gasteiger partial charge in [0.05, 0.1) is 11.1 Å². The van der Waals surface area contributed by atoms with Crippen LogP contribution in [0, 0.1) is 0 Å². The van der Waals surface area contributed by atoms with Crippen LogP contribution in [-0.2, 0) is 19.4 Å². The van der Waals surface area contributed by atoms with Gasteiger partial charge in [-0.25, -0.2) is 0 Å². The Morgan fingerprint density at radius 2 is 1.61 bits per heavy atom. The van der Waals surface area contributed by atoms with Crippen molar-refractivity contribution in [1.82, 2.24) is 9.80 Å². The zero-order valence-electron chi connectivity index (χ0n) is 17.3. The van der Waals surface area contributed by atoms with Crippen LogP contribution in [0.5, 0.6) is 0 Å². The fourth-order valence-electron chi connectivity index (χ4n) is 4.45. The topological polar surface area (TPSA) is 53.8 Å². The third-order valence-corrected chi connectivity index (χ3v) is 6.12. The summed E-state index contributed by atoms with van der Waals surface area (Å²) in [6, 6.07) is 18.0. The van der Waals surface area contributed by atoms with Crippen molar-refractivity contribution in [3.63, 3.8) is 0 Å². The summed E-state index contributed by atoms with van der Waals surface area (Å²) in [4.78, 5) is 30.7. The first kappa shape index (κ1) is 21.3. The molecule has 0 saturated carbocycles. The lowest BCUT2D eigenvalue weighted by molar-refractivity contribution is 0.0625. The van der Waals surface area contributed by atoms with Crippen LogP contribution in [0.25, 0.3) is 0 Å². The molecule has 6 heteroatoms. The van der Waals surface area contributed by atoms with Gasteiger partial charge < -0.3 is 9.32 Å². The zero-order valence-corrected chi connectivity index (χ0v) is 18.1. The second-order valence-electron chi connectivity index (χ2n) is 7.99. The fourth-order valence-corrected chi connectivity index (χ4v) is 4.45. The molecule has 5 rings (SSSR count). The van der Waals surface area contributed by atoms with E-state index in [0.717, 1.165) is 31.6 Å². The molecule has 1 aliphatic heterocycles. The van der Waals surface area contributed by atoms with Crippen LogP contribution in [0.1, 0.15) is 43.2 Å². The molecule has 160 valence electrons. The number of piperazine rings is 1. The third-order valence-electron chi connectivity index (χ3n) is 6.12. The van der Waals surface area contributed by atoms with Crippen LogP contribution < -0.4 is 0 Å². The van der Waals surface area contributed by atoms with Crippen molar-refractivity contribution in [2.45, 2.75) is 19.4 Å². The van der Waals surface area contributed by atoms with Crippen molar-refractivity contribution in [2.75, 3.05) is 26.2 Å². The van der Waals surface area contributed by atoms with Crippen molar-refractivity contribution in [3.05, 3.63) is 94.4 Å². The molecule has 1 fully saturated rings. The van der Waals surface area contributed by atoms with E-state index in [4.69, 9.17) is 4.42 Å². The number of rotatable bonds is 3. The molecule has 2 aromatic carbocycles. The van der Waals surface area contributed by atoms with Gasteiger partial charge in [0.25, 0.3) is 5.91 Å². The molecule has 1 amide bonds. The number of carbonyl (C=O) groups is 2. The quantitative estimate of drug-likeness (QED) is 0.623. The number of halogens is 1. The Bertz CT molecular complexity index is 1090. The van der Waals surface area contributed by atoms with Crippen LogP contribution in [0.2, 0.25) is 0 Å². The summed E-state index contributed by atoms with van der Waals surface area (Å²) in [5, 5.41) is 0. The van der Waals surface area contributed by atoms with Crippen LogP contribution in [0.15, 0.2) is 65.3 Å². The predicted octanol–water partition coefficient (Wildman–Crippen LogP) is 3.99. The zero-order chi connectivity index (χ0) is 20.5. The third kappa shape index (κ3) is 4.16. The maximum atomic E-state index is 13.3. The van der Waals surface area contributed by atoms with Crippen molar-refractivity contribution >= 4 is 24.1 Å². The second-order valence-corrected chi connectivity index (χ2v) is 7.99. The van der Waals surface area contributed by atoms with Gasteiger partial charge in [0.15, 0.2) is 5.78 Å². The summed E-state index contributed by atoms with van der Waals surface area (Å²) in [7, 11) is 0. The van der Waals surface area contributed by atoms with E-state index >= 15 is 0 Å². The van der Waals surface area contributed by atoms with Gasteiger partial charge in [0.1, 0.15) is 12.0 Å². The Morgan fingerprint density at radius 3 is 2.39 bits per heavy atom. The molecule has 0 bridgehead atoms. The highest BCUT2D eigenvalue weighted by Crippen LogP contribution is 2.29. The van der Waals surface area contributed by atoms with Crippen molar-refractivity contribution in [2.24, 2.45) is 0 Å². The van der Waals surface area contributed by atoms with E-state index in [2.05, 4.69) is 29.2 Å². The van der Waals surface area contributed by atoms with Crippen LogP contribution in [0.4, 0.5) is 0 Å². The number of ketones is 1. The minimum absolute atomic E-state index is 0. The Morgan fingerprint density at radius 1 is 0.903 bits per heavy atom. The minimum atomic E-state index is -0.105. The molecule has 3 aromatic rings. The maximum absolute atomic E-state index is 13.3. The number of carbonyl (C=O) groups excluding carboxylic acids is 2. The highest BCUT2D eigenvalue weighted by atomic mass is 35.5. The van der Waals surface area contributed by atoms with E-state index in [-0.39, 0.29) is 24.1 Å². The summed E-state index contributed by atoms with van der Waals surface area (Å²) in [5.74, 6) is 0.423. The van der Waals surface area contributed by atoms with Gasteiger partial charge in [0.2, 0.25) is 0 Å². The molecule has 31 heavy (non-hydrogen) atoms. The van der Waals surface area contributed by atoms with Gasteiger partial charge in [-0.1, -0.05) is 54.6 Å². The van der Waals surface area contributed by atoms with Gasteiger partial charge in [-0.05, 0) is 17.5 Å². The Labute approximate surface area is 188 Å². The average Bonchev–Trinajstić information content (AvgIpc) is 3.16. The largest absolute Gasteiger partial charge is 0.468 e. The molecule has 0 unspecified atom stereocenters. The molecule has 0 spiro atoms. The second kappa shape index (κ2) is 9.08. The van der Waals surface area contributed by atoms with Crippen LogP contribution >= 0.6 is 12.4 Å². The van der Waals surface area contributed by atoms with Crippen molar-refractivity contribution < 1.29 is 14.0 Å². The number of benzene rings is 2. The monoisotopic (exact) mass is 436 g/mol. The maximum Gasteiger partial charge on any atom is 0.257 e. The normalized spacial score (nSPS) is 16.1. The summed E-state index contributed by atoms with van der Waals surface area (Å²) in [6.07, 6.45) is 2.86. The number of fused-ring (bicyclic) bond motifs is 2. The van der Waals surface area contributed by atoms with E-state index in [1.54, 1.807) is 0 Å². The molecule has 1 saturated heterocycles. The Hall–Kier alpha value is -2.89. The number of aryl methyl sites for hydroxylation is 2. The molecule has 0 N–H and O–H groups in total. The minimum Gasteiger partial charge on any atom is -0.468 e. The standard InChI is InChI=1S/C25H24N2O3.ClH/c28-24-20-9-5-4-8-19(20)10-11-22-23(24)21(17-30-22)25(29)27-14-12-26(13-15-27)16-18-6-2-1-3-7-18;/h1-9,17H,10-16H2;1H. The predicted molar refractivity (Wildman–Crippen MR) is 121 cm³/mol. The molecular formula is C25H25ClN2O3. The van der Waals surface area contributed by atoms with E-state index < -0.39 is 0 Å².